The van der Waals surface area contributed by atoms with E-state index >= 15 is 0 Å². The van der Waals surface area contributed by atoms with E-state index in [-0.39, 0.29) is 35.5 Å². The fourth-order valence-electron chi connectivity index (χ4n) is 5.53. The third-order valence-corrected chi connectivity index (χ3v) is 6.55. The Morgan fingerprint density at radius 1 is 1.38 bits per heavy atom. The van der Waals surface area contributed by atoms with E-state index in [0.29, 0.717) is 29.0 Å². The van der Waals surface area contributed by atoms with E-state index in [1.54, 1.807) is 18.7 Å². The average Bonchev–Trinajstić information content (AvgIpc) is 2.90. The molecular weight excluding hydrogens is 379 g/mol. The first-order chi connectivity index (χ1) is 13.8. The highest BCUT2D eigenvalue weighted by atomic mass is 19.1. The maximum Gasteiger partial charge on any atom is 0.407 e. The molecule has 29 heavy (non-hydrogen) atoms. The summed E-state index contributed by atoms with van der Waals surface area (Å²) in [5.74, 6) is 0.291. The van der Waals surface area contributed by atoms with Crippen molar-refractivity contribution < 1.29 is 24.1 Å². The highest BCUT2D eigenvalue weighted by Crippen LogP contribution is 2.46. The predicted molar refractivity (Wildman–Crippen MR) is 103 cm³/mol. The minimum Gasteiger partial charge on any atom is -0.472 e. The van der Waals surface area contributed by atoms with Crippen LogP contribution in [0.5, 0.6) is 5.88 Å². The Hall–Kier alpha value is -2.68. The molecule has 154 valence electrons. The number of anilines is 1. The molecule has 3 aliphatic heterocycles. The van der Waals surface area contributed by atoms with Gasteiger partial charge in [0.15, 0.2) is 0 Å². The molecular formula is C20H23FN4O4. The Labute approximate surface area is 166 Å². The van der Waals surface area contributed by atoms with E-state index in [2.05, 4.69) is 9.88 Å². The second-order valence-electron chi connectivity index (χ2n) is 8.23. The van der Waals surface area contributed by atoms with Gasteiger partial charge < -0.3 is 19.8 Å². The van der Waals surface area contributed by atoms with Gasteiger partial charge in [0, 0.05) is 23.2 Å². The van der Waals surface area contributed by atoms with Crippen molar-refractivity contribution in [2.45, 2.75) is 63.9 Å². The minimum atomic E-state index is -0.922. The van der Waals surface area contributed by atoms with Crippen molar-refractivity contribution in [2.24, 2.45) is 0 Å². The number of nitrogens with zero attached hydrogens (tertiary/aromatic N) is 4. The molecule has 2 saturated heterocycles. The molecule has 2 N–H and O–H groups in total. The molecule has 0 aliphatic carbocycles. The summed E-state index contributed by atoms with van der Waals surface area (Å²) in [6.07, 6.45) is 0.439. The molecule has 5 rings (SSSR count). The number of halogens is 1. The van der Waals surface area contributed by atoms with Crippen LogP contribution in [0, 0.1) is 12.7 Å². The number of hydrogen-bond donors (Lipinski definition) is 2. The van der Waals surface area contributed by atoms with Crippen molar-refractivity contribution in [3.63, 3.8) is 0 Å². The van der Waals surface area contributed by atoms with Gasteiger partial charge in [-0.25, -0.2) is 19.2 Å². The number of aliphatic hydroxyl groups is 1. The van der Waals surface area contributed by atoms with Gasteiger partial charge in [0.05, 0.1) is 35.8 Å². The molecule has 3 aliphatic rings. The van der Waals surface area contributed by atoms with Crippen molar-refractivity contribution in [3.8, 4) is 5.88 Å². The third kappa shape index (κ3) is 2.43. The van der Waals surface area contributed by atoms with Crippen LogP contribution in [-0.4, -0.2) is 61.9 Å². The first kappa shape index (κ1) is 18.4. The quantitative estimate of drug-likeness (QED) is 0.756. The molecule has 5 heterocycles. The van der Waals surface area contributed by atoms with Crippen LogP contribution in [0.1, 0.15) is 44.1 Å². The molecule has 2 aromatic rings. The van der Waals surface area contributed by atoms with Crippen LogP contribution in [0.15, 0.2) is 6.20 Å². The van der Waals surface area contributed by atoms with E-state index in [1.807, 2.05) is 6.92 Å². The van der Waals surface area contributed by atoms with Gasteiger partial charge >= 0.3 is 6.09 Å². The zero-order chi connectivity index (χ0) is 20.6. The lowest BCUT2D eigenvalue weighted by atomic mass is 9.97. The van der Waals surface area contributed by atoms with Crippen LogP contribution in [0.2, 0.25) is 0 Å². The molecule has 9 heteroatoms. The van der Waals surface area contributed by atoms with Gasteiger partial charge in [-0.15, -0.1) is 0 Å². The third-order valence-electron chi connectivity index (χ3n) is 6.55. The summed E-state index contributed by atoms with van der Waals surface area (Å²) in [7, 11) is 0. The number of aliphatic hydroxyl groups excluding tert-OH is 1. The molecule has 2 fully saturated rings. The first-order valence-electron chi connectivity index (χ1n) is 9.91. The zero-order valence-corrected chi connectivity index (χ0v) is 16.5. The number of pyridine rings is 2. The maximum absolute atomic E-state index is 14.9. The number of hydrogen-bond acceptors (Lipinski definition) is 6. The zero-order valence-electron chi connectivity index (χ0n) is 16.5. The number of carboxylic acid groups (broad SMARTS) is 1. The van der Waals surface area contributed by atoms with Gasteiger partial charge in [-0.1, -0.05) is 0 Å². The average molecular weight is 402 g/mol. The fourth-order valence-corrected chi connectivity index (χ4v) is 5.53. The smallest absolute Gasteiger partial charge is 0.407 e. The standard InChI is InChI=1S/C20H23FN4O4/c1-8-14(9(2)26)15-12(21)6-22-19-16(15)18(23-8)24-7-11-4-5-13(25(11)20(27)28)17(24)10(3)29-19/h6,9-11,13,17,26H,4-5,7H2,1-3H3,(H,27,28)/t9-,10?,11?,13?,17?/m1/s1. The van der Waals surface area contributed by atoms with Crippen molar-refractivity contribution in [1.82, 2.24) is 14.9 Å². The molecule has 1 amide bonds. The van der Waals surface area contributed by atoms with Gasteiger partial charge in [0.2, 0.25) is 5.88 Å². The van der Waals surface area contributed by atoms with E-state index in [4.69, 9.17) is 9.72 Å². The summed E-state index contributed by atoms with van der Waals surface area (Å²) < 4.78 is 21.1. The van der Waals surface area contributed by atoms with Crippen LogP contribution < -0.4 is 9.64 Å². The second kappa shape index (κ2) is 6.16. The van der Waals surface area contributed by atoms with E-state index in [0.717, 1.165) is 19.0 Å². The van der Waals surface area contributed by atoms with Crippen LogP contribution in [0.3, 0.4) is 0 Å². The Balaban J connectivity index is 1.78. The molecule has 0 spiro atoms. The van der Waals surface area contributed by atoms with Crippen molar-refractivity contribution in [3.05, 3.63) is 23.3 Å². The minimum absolute atomic E-state index is 0.141. The number of fused-ring (bicyclic) bond motifs is 5. The maximum atomic E-state index is 14.9. The monoisotopic (exact) mass is 402 g/mol. The molecule has 4 unspecified atom stereocenters. The van der Waals surface area contributed by atoms with Crippen LogP contribution in [0.25, 0.3) is 10.8 Å². The summed E-state index contributed by atoms with van der Waals surface area (Å²) in [5, 5.41) is 20.7. The van der Waals surface area contributed by atoms with Crippen molar-refractivity contribution in [1.29, 1.82) is 0 Å². The number of piperazine rings is 1. The number of aromatic nitrogens is 2. The number of aryl methyl sites for hydroxylation is 1. The molecule has 0 radical (unpaired) electrons. The normalized spacial score (nSPS) is 28.7. The highest BCUT2D eigenvalue weighted by molar-refractivity contribution is 6.00. The largest absolute Gasteiger partial charge is 0.472 e. The Bertz CT molecular complexity index is 1030. The summed E-state index contributed by atoms with van der Waals surface area (Å²) >= 11 is 0. The lowest BCUT2D eigenvalue weighted by Crippen LogP contribution is -2.64. The van der Waals surface area contributed by atoms with Gasteiger partial charge in [-0.05, 0) is 33.6 Å². The van der Waals surface area contributed by atoms with Crippen LogP contribution in [-0.2, 0) is 0 Å². The van der Waals surface area contributed by atoms with Crippen molar-refractivity contribution >= 4 is 22.7 Å². The molecule has 2 bridgehead atoms. The van der Waals surface area contributed by atoms with Gasteiger partial charge in [0.25, 0.3) is 0 Å². The lowest BCUT2D eigenvalue weighted by molar-refractivity contribution is 0.0707. The Morgan fingerprint density at radius 3 is 2.83 bits per heavy atom. The van der Waals surface area contributed by atoms with Gasteiger partial charge in [-0.2, -0.15) is 0 Å². The molecule has 0 saturated carbocycles. The van der Waals surface area contributed by atoms with Crippen LogP contribution in [0.4, 0.5) is 15.0 Å². The number of carbonyl (C=O) groups is 1. The number of ether oxygens (including phenoxy) is 1. The summed E-state index contributed by atoms with van der Waals surface area (Å²) in [5.41, 5.74) is 0.964. The topological polar surface area (TPSA) is 99.0 Å². The molecule has 0 aromatic carbocycles. The second-order valence-corrected chi connectivity index (χ2v) is 8.23. The van der Waals surface area contributed by atoms with Crippen molar-refractivity contribution in [2.75, 3.05) is 11.4 Å². The highest BCUT2D eigenvalue weighted by Gasteiger charge is 2.52. The molecule has 5 atom stereocenters. The fraction of sp³-hybridized carbons (Fsp3) is 0.550. The Kier molecular flexibility index (Phi) is 3.90. The van der Waals surface area contributed by atoms with E-state index < -0.39 is 18.0 Å². The summed E-state index contributed by atoms with van der Waals surface area (Å²) in [6.45, 7) is 5.69. The predicted octanol–water partition coefficient (Wildman–Crippen LogP) is 2.61. The molecule has 2 aromatic heterocycles. The lowest BCUT2D eigenvalue weighted by Gasteiger charge is -2.47. The number of rotatable bonds is 1. The summed E-state index contributed by atoms with van der Waals surface area (Å²) in [6, 6.07) is -0.624. The van der Waals surface area contributed by atoms with Crippen LogP contribution >= 0.6 is 0 Å². The summed E-state index contributed by atoms with van der Waals surface area (Å²) in [4.78, 5) is 24.4. The van der Waals surface area contributed by atoms with E-state index in [9.17, 15) is 19.4 Å². The van der Waals surface area contributed by atoms with Gasteiger partial charge in [0.1, 0.15) is 17.7 Å². The molecule has 8 nitrogen and oxygen atoms in total. The number of amides is 1. The first-order valence-corrected chi connectivity index (χ1v) is 9.91. The van der Waals surface area contributed by atoms with Gasteiger partial charge in [-0.3, -0.25) is 4.90 Å². The SMILES string of the molecule is Cc1nc2c3c(ncc(F)c3c1[C@@H](C)O)OC(C)C1C3CCC(CN21)N3C(=O)O. The Morgan fingerprint density at radius 2 is 2.14 bits per heavy atom. The van der Waals surface area contributed by atoms with E-state index in [1.165, 1.54) is 0 Å².